The van der Waals surface area contributed by atoms with Crippen molar-refractivity contribution in [1.82, 2.24) is 4.98 Å². The van der Waals surface area contributed by atoms with E-state index in [1.54, 1.807) is 11.3 Å². The van der Waals surface area contributed by atoms with E-state index in [1.165, 1.54) is 4.88 Å². The van der Waals surface area contributed by atoms with Crippen LogP contribution in [0.15, 0.2) is 29.6 Å². The minimum atomic E-state index is 0.218. The Balaban J connectivity index is 2.08. The molecule has 5 heteroatoms. The number of thiophene rings is 1. The lowest BCUT2D eigenvalue weighted by molar-refractivity contribution is 0.307. The van der Waals surface area contributed by atoms with E-state index in [0.29, 0.717) is 18.2 Å². The number of nitrogens with zero attached hydrogens (tertiary/aromatic N) is 1. The number of hydrogen-bond acceptors (Lipinski definition) is 5. The second-order valence-corrected chi connectivity index (χ2v) is 5.30. The monoisotopic (exact) mass is 277 g/mol. The Morgan fingerprint density at radius 2 is 2.26 bits per heavy atom. The summed E-state index contributed by atoms with van der Waals surface area (Å²) >= 11 is 1.73. The van der Waals surface area contributed by atoms with Gasteiger partial charge in [-0.3, -0.25) is 0 Å². The molecule has 0 amide bonds. The van der Waals surface area contributed by atoms with Crippen molar-refractivity contribution in [2.45, 2.75) is 26.3 Å². The predicted molar refractivity (Wildman–Crippen MR) is 80.8 cm³/mol. The molecule has 1 atom stereocenters. The van der Waals surface area contributed by atoms with Crippen molar-refractivity contribution in [1.29, 1.82) is 0 Å². The lowest BCUT2D eigenvalue weighted by Crippen LogP contribution is -2.08. The third kappa shape index (κ3) is 3.61. The summed E-state index contributed by atoms with van der Waals surface area (Å²) in [5.41, 5.74) is 6.41. The van der Waals surface area contributed by atoms with Crippen molar-refractivity contribution in [2.75, 3.05) is 17.7 Å². The Hall–Kier alpha value is -1.75. The van der Waals surface area contributed by atoms with Crippen LogP contribution in [0.5, 0.6) is 5.88 Å². The van der Waals surface area contributed by atoms with E-state index in [4.69, 9.17) is 10.5 Å². The summed E-state index contributed by atoms with van der Waals surface area (Å²) in [6, 6.07) is 8.06. The molecular weight excluding hydrogens is 258 g/mol. The number of nitrogen functional groups attached to an aromatic ring is 1. The normalized spacial score (nSPS) is 12.1. The van der Waals surface area contributed by atoms with Crippen LogP contribution in [0.2, 0.25) is 0 Å². The molecule has 1 unspecified atom stereocenters. The molecular formula is C14H19N3OS. The lowest BCUT2D eigenvalue weighted by Gasteiger charge is -2.14. The molecule has 2 rings (SSSR count). The zero-order valence-electron chi connectivity index (χ0n) is 11.2. The highest BCUT2D eigenvalue weighted by Crippen LogP contribution is 2.25. The smallest absolute Gasteiger partial charge is 0.239 e. The summed E-state index contributed by atoms with van der Waals surface area (Å²) in [4.78, 5) is 5.68. The number of nitrogens with two attached hydrogens (primary N) is 1. The van der Waals surface area contributed by atoms with E-state index in [1.807, 2.05) is 18.2 Å². The number of ether oxygens (including phenoxy) is 1. The third-order valence-electron chi connectivity index (χ3n) is 2.67. The van der Waals surface area contributed by atoms with Crippen molar-refractivity contribution in [2.24, 2.45) is 0 Å². The minimum Gasteiger partial charge on any atom is -0.476 e. The van der Waals surface area contributed by atoms with Crippen LogP contribution in [0.1, 0.15) is 31.2 Å². The molecule has 0 fully saturated rings. The maximum atomic E-state index is 5.84. The van der Waals surface area contributed by atoms with Crippen LogP contribution in [0, 0.1) is 0 Å². The molecule has 0 aliphatic rings. The van der Waals surface area contributed by atoms with E-state index in [0.717, 1.165) is 12.2 Å². The van der Waals surface area contributed by atoms with Gasteiger partial charge in [0.15, 0.2) is 0 Å². The highest BCUT2D eigenvalue weighted by molar-refractivity contribution is 7.10. The van der Waals surface area contributed by atoms with E-state index < -0.39 is 0 Å². The van der Waals surface area contributed by atoms with Gasteiger partial charge < -0.3 is 15.8 Å². The van der Waals surface area contributed by atoms with Crippen LogP contribution in [0.25, 0.3) is 0 Å². The van der Waals surface area contributed by atoms with Crippen molar-refractivity contribution >= 4 is 22.8 Å². The number of aromatic nitrogens is 1. The second kappa shape index (κ2) is 6.43. The Kier molecular flexibility index (Phi) is 4.63. The Labute approximate surface area is 117 Å². The highest BCUT2D eigenvalue weighted by Gasteiger charge is 2.09. The standard InChI is InChI=1S/C14H19N3OS/c1-3-8-18-14-11(15)6-7-13(17-14)16-10(2)12-5-4-9-19-12/h4-7,9-10H,3,8,15H2,1-2H3,(H,16,17). The number of hydrogen-bond donors (Lipinski definition) is 2. The topological polar surface area (TPSA) is 60.2 Å². The van der Waals surface area contributed by atoms with E-state index in [9.17, 15) is 0 Å². The SMILES string of the molecule is CCCOc1nc(NC(C)c2cccs2)ccc1N. The van der Waals surface area contributed by atoms with Gasteiger partial charge in [-0.1, -0.05) is 13.0 Å². The molecule has 19 heavy (non-hydrogen) atoms. The summed E-state index contributed by atoms with van der Waals surface area (Å²) in [7, 11) is 0. The first-order chi connectivity index (χ1) is 9.20. The van der Waals surface area contributed by atoms with Crippen LogP contribution in [0.3, 0.4) is 0 Å². The van der Waals surface area contributed by atoms with Crippen molar-refractivity contribution < 1.29 is 4.74 Å². The summed E-state index contributed by atoms with van der Waals surface area (Å²) in [5, 5.41) is 5.42. The average Bonchev–Trinajstić information content (AvgIpc) is 2.93. The average molecular weight is 277 g/mol. The third-order valence-corrected chi connectivity index (χ3v) is 3.72. The van der Waals surface area contributed by atoms with Crippen LogP contribution in [-0.2, 0) is 0 Å². The fourth-order valence-electron chi connectivity index (χ4n) is 1.68. The lowest BCUT2D eigenvalue weighted by atomic mass is 10.2. The first kappa shape index (κ1) is 13.7. The van der Waals surface area contributed by atoms with Crippen LogP contribution in [0.4, 0.5) is 11.5 Å². The predicted octanol–water partition coefficient (Wildman–Crippen LogP) is 3.69. The number of rotatable bonds is 6. The quantitative estimate of drug-likeness (QED) is 0.845. The first-order valence-corrected chi connectivity index (χ1v) is 7.28. The second-order valence-electron chi connectivity index (χ2n) is 4.32. The number of pyridine rings is 1. The number of anilines is 2. The summed E-state index contributed by atoms with van der Waals surface area (Å²) < 4.78 is 5.53. The molecule has 0 saturated carbocycles. The molecule has 0 bridgehead atoms. The van der Waals surface area contributed by atoms with E-state index in [-0.39, 0.29) is 6.04 Å². The van der Waals surface area contributed by atoms with Gasteiger partial charge in [0, 0.05) is 4.88 Å². The van der Waals surface area contributed by atoms with Gasteiger partial charge in [0.2, 0.25) is 5.88 Å². The van der Waals surface area contributed by atoms with Gasteiger partial charge in [-0.25, -0.2) is 0 Å². The zero-order chi connectivity index (χ0) is 13.7. The van der Waals surface area contributed by atoms with Crippen LogP contribution >= 0.6 is 11.3 Å². The first-order valence-electron chi connectivity index (χ1n) is 6.40. The van der Waals surface area contributed by atoms with Gasteiger partial charge in [0.05, 0.1) is 18.3 Å². The van der Waals surface area contributed by atoms with Gasteiger partial charge in [0.1, 0.15) is 5.82 Å². The molecule has 0 spiro atoms. The molecule has 2 aromatic heterocycles. The van der Waals surface area contributed by atoms with Crippen molar-refractivity contribution in [3.8, 4) is 5.88 Å². The van der Waals surface area contributed by atoms with Gasteiger partial charge in [-0.05, 0) is 36.9 Å². The van der Waals surface area contributed by atoms with Crippen LogP contribution in [-0.4, -0.2) is 11.6 Å². The van der Waals surface area contributed by atoms with Crippen LogP contribution < -0.4 is 15.8 Å². The Morgan fingerprint density at radius 1 is 1.42 bits per heavy atom. The highest BCUT2D eigenvalue weighted by atomic mass is 32.1. The molecule has 102 valence electrons. The van der Waals surface area contributed by atoms with Gasteiger partial charge in [0.25, 0.3) is 0 Å². The van der Waals surface area contributed by atoms with Crippen molar-refractivity contribution in [3.05, 3.63) is 34.5 Å². The Bertz CT molecular complexity index is 513. The Morgan fingerprint density at radius 3 is 2.95 bits per heavy atom. The largest absolute Gasteiger partial charge is 0.476 e. The molecule has 4 nitrogen and oxygen atoms in total. The fraction of sp³-hybridized carbons (Fsp3) is 0.357. The molecule has 2 aromatic rings. The molecule has 0 aliphatic heterocycles. The van der Waals surface area contributed by atoms with Gasteiger partial charge in [-0.2, -0.15) is 4.98 Å². The molecule has 3 N–H and O–H groups in total. The van der Waals surface area contributed by atoms with Crippen molar-refractivity contribution in [3.63, 3.8) is 0 Å². The zero-order valence-corrected chi connectivity index (χ0v) is 12.0. The fourth-order valence-corrected chi connectivity index (χ4v) is 2.41. The van der Waals surface area contributed by atoms with E-state index in [2.05, 4.69) is 35.6 Å². The molecule has 0 saturated heterocycles. The van der Waals surface area contributed by atoms with Gasteiger partial charge >= 0.3 is 0 Å². The van der Waals surface area contributed by atoms with Gasteiger partial charge in [-0.15, -0.1) is 11.3 Å². The molecule has 0 aromatic carbocycles. The maximum Gasteiger partial charge on any atom is 0.239 e. The summed E-state index contributed by atoms with van der Waals surface area (Å²) in [5.74, 6) is 1.28. The maximum absolute atomic E-state index is 5.84. The summed E-state index contributed by atoms with van der Waals surface area (Å²) in [6.45, 7) is 4.79. The molecule has 0 aliphatic carbocycles. The summed E-state index contributed by atoms with van der Waals surface area (Å²) in [6.07, 6.45) is 0.935. The van der Waals surface area contributed by atoms with E-state index >= 15 is 0 Å². The minimum absolute atomic E-state index is 0.218. The number of nitrogens with one attached hydrogen (secondary N) is 1. The molecule has 0 radical (unpaired) electrons. The molecule has 2 heterocycles.